The second-order valence-corrected chi connectivity index (χ2v) is 8.96. The van der Waals surface area contributed by atoms with Gasteiger partial charge in [-0.1, -0.05) is 48.5 Å². The molecule has 2 N–H and O–H groups in total. The van der Waals surface area contributed by atoms with Crippen molar-refractivity contribution in [3.05, 3.63) is 59.7 Å². The van der Waals surface area contributed by atoms with Gasteiger partial charge in [0.05, 0.1) is 19.3 Å². The largest absolute Gasteiger partial charge is 0.481 e. The molecule has 0 saturated carbocycles. The van der Waals surface area contributed by atoms with Crippen LogP contribution in [0.5, 0.6) is 0 Å². The van der Waals surface area contributed by atoms with Gasteiger partial charge in [-0.05, 0) is 35.6 Å². The van der Waals surface area contributed by atoms with Crippen molar-refractivity contribution in [2.24, 2.45) is 5.92 Å². The summed E-state index contributed by atoms with van der Waals surface area (Å²) in [4.78, 5) is 37.8. The summed E-state index contributed by atoms with van der Waals surface area (Å²) in [6.45, 7) is 2.37. The number of carboxylic acid groups (broad SMARTS) is 1. The first-order valence-corrected chi connectivity index (χ1v) is 11.5. The Labute approximate surface area is 198 Å². The number of nitrogens with one attached hydrogen (secondary N) is 1. The summed E-state index contributed by atoms with van der Waals surface area (Å²) in [5.41, 5.74) is 4.63. The number of likely N-dealkylation sites (N-methyl/N-ethyl adjacent to an activating group) is 1. The predicted molar refractivity (Wildman–Crippen MR) is 125 cm³/mol. The Kier molecular flexibility index (Phi) is 7.17. The number of carboxylic acids is 1. The Bertz CT molecular complexity index is 1030. The first kappa shape index (κ1) is 23.8. The van der Waals surface area contributed by atoms with Gasteiger partial charge in [0.1, 0.15) is 12.5 Å². The summed E-state index contributed by atoms with van der Waals surface area (Å²) in [7, 11) is 1.60. The number of rotatable bonds is 8. The van der Waals surface area contributed by atoms with Gasteiger partial charge in [-0.25, -0.2) is 4.79 Å². The van der Waals surface area contributed by atoms with Crippen LogP contribution in [0.3, 0.4) is 0 Å². The Hall–Kier alpha value is -3.39. The first-order valence-electron chi connectivity index (χ1n) is 11.5. The summed E-state index contributed by atoms with van der Waals surface area (Å²) >= 11 is 0. The highest BCUT2D eigenvalue weighted by molar-refractivity contribution is 5.79. The number of aliphatic carboxylic acids is 1. The number of hydrogen-bond acceptors (Lipinski definition) is 5. The average Bonchev–Trinajstić information content (AvgIpc) is 3.44. The summed E-state index contributed by atoms with van der Waals surface area (Å²) < 4.78 is 10.8. The molecule has 8 nitrogen and oxygen atoms in total. The standard InChI is InChI=1S/C26H30N2O6/c1-16(11-12-24(29)28(2)23-15-33-13-22(23)25(30)31)27-26(32)34-14-21-19-9-5-3-7-17(19)18-8-4-6-10-20(18)21/h3-10,16,21-23H,11-15H2,1-2H3,(H,27,32)(H,30,31). The van der Waals surface area contributed by atoms with E-state index in [1.807, 2.05) is 31.2 Å². The number of carbonyl (C=O) groups excluding carboxylic acids is 2. The van der Waals surface area contributed by atoms with E-state index in [-0.39, 0.29) is 44.1 Å². The van der Waals surface area contributed by atoms with Crippen LogP contribution in [-0.4, -0.2) is 66.9 Å². The molecule has 1 aliphatic carbocycles. The normalized spacial score (nSPS) is 19.7. The molecule has 0 bridgehead atoms. The molecule has 2 aromatic rings. The van der Waals surface area contributed by atoms with Gasteiger partial charge in [0.25, 0.3) is 0 Å². The fraction of sp³-hybridized carbons (Fsp3) is 0.423. The number of nitrogens with zero attached hydrogens (tertiary/aromatic N) is 1. The van der Waals surface area contributed by atoms with Crippen LogP contribution < -0.4 is 5.32 Å². The van der Waals surface area contributed by atoms with E-state index >= 15 is 0 Å². The average molecular weight is 467 g/mol. The highest BCUT2D eigenvalue weighted by atomic mass is 16.5. The lowest BCUT2D eigenvalue weighted by molar-refractivity contribution is -0.144. The van der Waals surface area contributed by atoms with Gasteiger partial charge in [-0.2, -0.15) is 0 Å². The van der Waals surface area contributed by atoms with E-state index in [1.165, 1.54) is 16.0 Å². The van der Waals surface area contributed by atoms with Crippen LogP contribution in [0.15, 0.2) is 48.5 Å². The molecule has 0 radical (unpaired) electrons. The van der Waals surface area contributed by atoms with Crippen molar-refractivity contribution in [3.63, 3.8) is 0 Å². The van der Waals surface area contributed by atoms with Crippen molar-refractivity contribution in [2.45, 2.75) is 37.8 Å². The van der Waals surface area contributed by atoms with Crippen LogP contribution in [0.4, 0.5) is 4.79 Å². The second kappa shape index (κ2) is 10.3. The number of hydrogen-bond donors (Lipinski definition) is 2. The van der Waals surface area contributed by atoms with Gasteiger partial charge in [-0.3, -0.25) is 9.59 Å². The Morgan fingerprint density at radius 2 is 1.71 bits per heavy atom. The number of alkyl carbamates (subject to hydrolysis) is 1. The maximum Gasteiger partial charge on any atom is 0.407 e. The zero-order valence-electron chi connectivity index (χ0n) is 19.4. The molecule has 1 fully saturated rings. The van der Waals surface area contributed by atoms with Crippen LogP contribution in [0.25, 0.3) is 11.1 Å². The summed E-state index contributed by atoms with van der Waals surface area (Å²) in [5, 5.41) is 12.1. The third-order valence-electron chi connectivity index (χ3n) is 6.76. The van der Waals surface area contributed by atoms with Gasteiger partial charge in [0.2, 0.25) is 5.91 Å². The highest BCUT2D eigenvalue weighted by Gasteiger charge is 2.38. The molecule has 3 atom stereocenters. The van der Waals surface area contributed by atoms with Gasteiger partial charge in [0, 0.05) is 25.4 Å². The molecular weight excluding hydrogens is 436 g/mol. The van der Waals surface area contributed by atoms with Crippen molar-refractivity contribution < 1.29 is 29.0 Å². The van der Waals surface area contributed by atoms with Gasteiger partial charge in [-0.15, -0.1) is 0 Å². The third-order valence-corrected chi connectivity index (χ3v) is 6.76. The minimum atomic E-state index is -0.965. The topological polar surface area (TPSA) is 105 Å². The number of benzene rings is 2. The molecule has 2 amide bonds. The number of carbonyl (C=O) groups is 3. The SMILES string of the molecule is CC(CCC(=O)N(C)C1COCC1C(=O)O)NC(=O)OCC1c2ccccc2-c2ccccc21. The molecule has 1 saturated heterocycles. The lowest BCUT2D eigenvalue weighted by Gasteiger charge is -2.27. The highest BCUT2D eigenvalue weighted by Crippen LogP contribution is 2.44. The van der Waals surface area contributed by atoms with Crippen molar-refractivity contribution in [1.82, 2.24) is 10.2 Å². The van der Waals surface area contributed by atoms with Crippen LogP contribution in [0.2, 0.25) is 0 Å². The quantitative estimate of drug-likeness (QED) is 0.619. The monoisotopic (exact) mass is 466 g/mol. The Morgan fingerprint density at radius 3 is 2.32 bits per heavy atom. The number of fused-ring (bicyclic) bond motifs is 3. The first-order chi connectivity index (χ1) is 16.4. The smallest absolute Gasteiger partial charge is 0.407 e. The van der Waals surface area contributed by atoms with Crippen molar-refractivity contribution >= 4 is 18.0 Å². The molecule has 2 aliphatic rings. The lowest BCUT2D eigenvalue weighted by atomic mass is 9.98. The van der Waals surface area contributed by atoms with Crippen molar-refractivity contribution in [3.8, 4) is 11.1 Å². The van der Waals surface area contributed by atoms with E-state index in [4.69, 9.17) is 9.47 Å². The molecule has 4 rings (SSSR count). The molecule has 2 aromatic carbocycles. The fourth-order valence-corrected chi connectivity index (χ4v) is 4.78. The Morgan fingerprint density at radius 1 is 1.09 bits per heavy atom. The van der Waals surface area contributed by atoms with E-state index in [9.17, 15) is 19.5 Å². The van der Waals surface area contributed by atoms with Crippen LogP contribution >= 0.6 is 0 Å². The van der Waals surface area contributed by atoms with E-state index < -0.39 is 24.0 Å². The van der Waals surface area contributed by atoms with E-state index in [2.05, 4.69) is 29.6 Å². The maximum atomic E-state index is 12.6. The zero-order valence-corrected chi connectivity index (χ0v) is 19.4. The molecule has 180 valence electrons. The minimum absolute atomic E-state index is 0.0144. The van der Waals surface area contributed by atoms with E-state index in [0.717, 1.165) is 11.1 Å². The van der Waals surface area contributed by atoms with Gasteiger partial charge >= 0.3 is 12.1 Å². The van der Waals surface area contributed by atoms with Crippen LogP contribution in [-0.2, 0) is 19.1 Å². The summed E-state index contributed by atoms with van der Waals surface area (Å²) in [5.74, 6) is -1.87. The van der Waals surface area contributed by atoms with Crippen LogP contribution in [0.1, 0.15) is 36.8 Å². The lowest BCUT2D eigenvalue weighted by Crippen LogP contribution is -2.44. The second-order valence-electron chi connectivity index (χ2n) is 8.96. The van der Waals surface area contributed by atoms with Gasteiger partial charge < -0.3 is 24.8 Å². The predicted octanol–water partition coefficient (Wildman–Crippen LogP) is 3.25. The number of amides is 2. The molecule has 1 aliphatic heterocycles. The molecule has 34 heavy (non-hydrogen) atoms. The minimum Gasteiger partial charge on any atom is -0.481 e. The molecule has 3 unspecified atom stereocenters. The molecule has 0 spiro atoms. The molecular formula is C26H30N2O6. The fourth-order valence-electron chi connectivity index (χ4n) is 4.78. The summed E-state index contributed by atoms with van der Waals surface area (Å²) in [6, 6.07) is 15.5. The van der Waals surface area contributed by atoms with Crippen molar-refractivity contribution in [2.75, 3.05) is 26.9 Å². The molecule has 8 heteroatoms. The maximum absolute atomic E-state index is 12.6. The van der Waals surface area contributed by atoms with E-state index in [0.29, 0.717) is 6.42 Å². The Balaban J connectivity index is 1.26. The molecule has 0 aromatic heterocycles. The van der Waals surface area contributed by atoms with Crippen LogP contribution in [0, 0.1) is 5.92 Å². The third kappa shape index (κ3) is 4.92. The number of ether oxygens (including phenoxy) is 2. The van der Waals surface area contributed by atoms with Crippen molar-refractivity contribution in [1.29, 1.82) is 0 Å². The molecule has 1 heterocycles. The zero-order chi connectivity index (χ0) is 24.2. The van der Waals surface area contributed by atoms with Gasteiger partial charge in [0.15, 0.2) is 0 Å². The summed E-state index contributed by atoms with van der Waals surface area (Å²) in [6.07, 6.45) is 0.0772. The van der Waals surface area contributed by atoms with E-state index in [1.54, 1.807) is 7.05 Å².